The van der Waals surface area contributed by atoms with E-state index < -0.39 is 18.1 Å². The number of hydrazine groups is 1. The molecule has 2 aliphatic heterocycles. The van der Waals surface area contributed by atoms with Gasteiger partial charge in [0.05, 0.1) is 5.56 Å². The Bertz CT molecular complexity index is 1050. The van der Waals surface area contributed by atoms with Crippen molar-refractivity contribution in [1.29, 1.82) is 0 Å². The molecule has 1 aromatic heterocycles. The lowest BCUT2D eigenvalue weighted by Gasteiger charge is -2.26. The highest BCUT2D eigenvalue weighted by Gasteiger charge is 2.48. The number of fused-ring (bicyclic) bond motifs is 1. The Morgan fingerprint density at radius 2 is 1.76 bits per heavy atom. The van der Waals surface area contributed by atoms with E-state index in [0.717, 1.165) is 80.1 Å². The predicted octanol–water partition coefficient (Wildman–Crippen LogP) is 3.92. The van der Waals surface area contributed by atoms with E-state index in [4.69, 9.17) is 0 Å². The van der Waals surface area contributed by atoms with Crippen LogP contribution < -0.4 is 16.1 Å². The summed E-state index contributed by atoms with van der Waals surface area (Å²) in [5.74, 6) is 1.60. The molecule has 3 N–H and O–H groups in total. The number of halogens is 3. The monoisotopic (exact) mass is 557 g/mol. The smallest absolute Gasteiger partial charge is 0.351 e. The van der Waals surface area contributed by atoms with Gasteiger partial charge in [0.2, 0.25) is 5.91 Å². The van der Waals surface area contributed by atoms with Gasteiger partial charge in [-0.25, -0.2) is 5.43 Å². The molecule has 0 spiro atoms. The standard InChI is InChI=1S/C25H34F3N5O2S2/c26-25(27,28)22-16-5-1-3-7-18(16)33(31-22)15-20(34)30-24-21(17-6-2-4-8-19(17)37-24)23(35)29-9-10-32-11-13-36-14-12-32/h22,31H,1-15H2,(H,29,35)(H,30,34). The van der Waals surface area contributed by atoms with Crippen molar-refractivity contribution < 1.29 is 22.8 Å². The van der Waals surface area contributed by atoms with Gasteiger partial charge in [-0.15, -0.1) is 11.3 Å². The van der Waals surface area contributed by atoms with Crippen molar-refractivity contribution in [2.24, 2.45) is 0 Å². The predicted molar refractivity (Wildman–Crippen MR) is 141 cm³/mol. The fraction of sp³-hybridized carbons (Fsp3) is 0.680. The van der Waals surface area contributed by atoms with Gasteiger partial charge in [-0.1, -0.05) is 0 Å². The Kier molecular flexibility index (Phi) is 8.37. The summed E-state index contributed by atoms with van der Waals surface area (Å²) >= 11 is 3.37. The highest BCUT2D eigenvalue weighted by Crippen LogP contribution is 2.40. The van der Waals surface area contributed by atoms with Crippen molar-refractivity contribution in [3.8, 4) is 0 Å². The van der Waals surface area contributed by atoms with Crippen molar-refractivity contribution in [2.75, 3.05) is 49.5 Å². The molecular weight excluding hydrogens is 523 g/mol. The molecule has 2 aliphatic carbocycles. The third-order valence-electron chi connectivity index (χ3n) is 7.54. The number of thioether (sulfide) groups is 1. The number of rotatable bonds is 7. The Balaban J connectivity index is 1.26. The molecule has 2 amide bonds. The SMILES string of the molecule is O=C(CN1NC(C(F)(F)F)C2=C1CCCC2)Nc1sc2c(c1C(=O)NCCN1CCSCC1)CCCC2. The molecule has 0 saturated carbocycles. The average molecular weight is 558 g/mol. The van der Waals surface area contributed by atoms with Gasteiger partial charge in [0.25, 0.3) is 5.91 Å². The summed E-state index contributed by atoms with van der Waals surface area (Å²) in [6, 6.07) is -1.73. The van der Waals surface area contributed by atoms with Crippen LogP contribution in [-0.4, -0.2) is 78.2 Å². The van der Waals surface area contributed by atoms with Crippen molar-refractivity contribution in [1.82, 2.24) is 20.7 Å². The molecule has 1 unspecified atom stereocenters. The molecular formula is C25H34F3N5O2S2. The molecule has 0 aromatic carbocycles. The quantitative estimate of drug-likeness (QED) is 0.472. The average Bonchev–Trinajstić information content (AvgIpc) is 3.43. The van der Waals surface area contributed by atoms with Crippen LogP contribution in [0.5, 0.6) is 0 Å². The summed E-state index contributed by atoms with van der Waals surface area (Å²) < 4.78 is 40.8. The van der Waals surface area contributed by atoms with E-state index in [-0.39, 0.29) is 12.5 Å². The topological polar surface area (TPSA) is 76.7 Å². The highest BCUT2D eigenvalue weighted by atomic mass is 32.2. The van der Waals surface area contributed by atoms with E-state index in [1.165, 1.54) is 16.3 Å². The lowest BCUT2D eigenvalue weighted by molar-refractivity contribution is -0.153. The van der Waals surface area contributed by atoms with Gasteiger partial charge in [0.15, 0.2) is 0 Å². The molecule has 7 nitrogen and oxygen atoms in total. The van der Waals surface area contributed by atoms with Gasteiger partial charge in [-0.3, -0.25) is 14.5 Å². The van der Waals surface area contributed by atoms with Crippen LogP contribution in [0.2, 0.25) is 0 Å². The number of thiophene rings is 1. The normalized spacial score (nSPS) is 22.6. The van der Waals surface area contributed by atoms with Crippen LogP contribution in [0, 0.1) is 0 Å². The Morgan fingerprint density at radius 3 is 2.54 bits per heavy atom. The zero-order valence-electron chi connectivity index (χ0n) is 20.8. The number of amides is 2. The summed E-state index contributed by atoms with van der Waals surface area (Å²) in [6.45, 7) is 3.14. The lowest BCUT2D eigenvalue weighted by atomic mass is 9.92. The van der Waals surface area contributed by atoms with Crippen LogP contribution in [0.25, 0.3) is 0 Å². The minimum Gasteiger partial charge on any atom is -0.351 e. The molecule has 1 atom stereocenters. The molecule has 1 aromatic rings. The number of nitrogens with one attached hydrogen (secondary N) is 3. The van der Waals surface area contributed by atoms with Gasteiger partial charge in [0, 0.05) is 48.3 Å². The molecule has 1 saturated heterocycles. The first-order valence-corrected chi connectivity index (χ1v) is 15.1. The number of alkyl halides is 3. The van der Waals surface area contributed by atoms with Crippen LogP contribution in [-0.2, 0) is 17.6 Å². The highest BCUT2D eigenvalue weighted by molar-refractivity contribution is 7.99. The maximum atomic E-state index is 13.6. The first kappa shape index (κ1) is 26.8. The first-order valence-electron chi connectivity index (χ1n) is 13.2. The Labute approximate surface area is 223 Å². The molecule has 0 radical (unpaired) electrons. The van der Waals surface area contributed by atoms with E-state index in [9.17, 15) is 22.8 Å². The van der Waals surface area contributed by atoms with Gasteiger partial charge < -0.3 is 15.6 Å². The van der Waals surface area contributed by atoms with E-state index in [1.807, 2.05) is 11.8 Å². The third-order valence-corrected chi connectivity index (χ3v) is 9.69. The molecule has 1 fully saturated rings. The number of hydrogen-bond donors (Lipinski definition) is 3. The van der Waals surface area contributed by atoms with Crippen molar-refractivity contribution in [3.63, 3.8) is 0 Å². The van der Waals surface area contributed by atoms with Crippen LogP contribution in [0.4, 0.5) is 18.2 Å². The largest absolute Gasteiger partial charge is 0.409 e. The van der Waals surface area contributed by atoms with E-state index in [1.54, 1.807) is 0 Å². The number of anilines is 1. The number of nitrogens with zero attached hydrogens (tertiary/aromatic N) is 2. The second kappa shape index (κ2) is 11.5. The minimum atomic E-state index is -4.41. The lowest BCUT2D eigenvalue weighted by Crippen LogP contribution is -2.47. The third kappa shape index (κ3) is 6.12. The van der Waals surface area contributed by atoms with E-state index in [0.29, 0.717) is 41.2 Å². The summed E-state index contributed by atoms with van der Waals surface area (Å²) in [6.07, 6.45) is 1.75. The molecule has 3 heterocycles. The summed E-state index contributed by atoms with van der Waals surface area (Å²) in [7, 11) is 0. The molecule has 5 rings (SSSR count). The Hall–Kier alpha value is -1.76. The maximum absolute atomic E-state index is 13.6. The van der Waals surface area contributed by atoms with Gasteiger partial charge in [-0.05, 0) is 62.5 Å². The molecule has 12 heteroatoms. The minimum absolute atomic E-state index is 0.185. The number of hydrogen-bond acceptors (Lipinski definition) is 7. The number of carbonyl (C=O) groups excluding carboxylic acids is 2. The molecule has 204 valence electrons. The Morgan fingerprint density at radius 1 is 1.03 bits per heavy atom. The number of carbonyl (C=O) groups is 2. The fourth-order valence-electron chi connectivity index (χ4n) is 5.70. The van der Waals surface area contributed by atoms with E-state index in [2.05, 4.69) is 21.0 Å². The van der Waals surface area contributed by atoms with E-state index >= 15 is 0 Å². The van der Waals surface area contributed by atoms with Crippen molar-refractivity contribution in [3.05, 3.63) is 27.3 Å². The van der Waals surface area contributed by atoms with Crippen LogP contribution >= 0.6 is 23.1 Å². The first-order chi connectivity index (χ1) is 17.8. The summed E-state index contributed by atoms with van der Waals surface area (Å²) in [5.41, 5.74) is 5.00. The van der Waals surface area contributed by atoms with Gasteiger partial charge in [-0.2, -0.15) is 24.9 Å². The second-order valence-electron chi connectivity index (χ2n) is 10.0. The van der Waals surface area contributed by atoms with Crippen LogP contribution in [0.15, 0.2) is 11.3 Å². The number of allylic oxidation sites excluding steroid dienone is 1. The van der Waals surface area contributed by atoms with Gasteiger partial charge in [0.1, 0.15) is 17.6 Å². The zero-order valence-corrected chi connectivity index (χ0v) is 22.5. The van der Waals surface area contributed by atoms with Crippen LogP contribution in [0.3, 0.4) is 0 Å². The van der Waals surface area contributed by atoms with Gasteiger partial charge >= 0.3 is 6.18 Å². The van der Waals surface area contributed by atoms with Crippen molar-refractivity contribution in [2.45, 2.75) is 63.6 Å². The second-order valence-corrected chi connectivity index (χ2v) is 12.4. The summed E-state index contributed by atoms with van der Waals surface area (Å²) in [5, 5.41) is 7.80. The fourth-order valence-corrected chi connectivity index (χ4v) is 7.98. The zero-order chi connectivity index (χ0) is 26.0. The van der Waals surface area contributed by atoms with Crippen LogP contribution in [0.1, 0.15) is 59.3 Å². The summed E-state index contributed by atoms with van der Waals surface area (Å²) in [4.78, 5) is 29.8. The molecule has 4 aliphatic rings. The number of aryl methyl sites for hydroxylation is 1. The van der Waals surface area contributed by atoms with Crippen molar-refractivity contribution >= 4 is 39.9 Å². The molecule has 0 bridgehead atoms. The maximum Gasteiger partial charge on any atom is 0.409 e. The molecule has 37 heavy (non-hydrogen) atoms.